The van der Waals surface area contributed by atoms with Crippen LogP contribution in [0, 0.1) is 0 Å². The zero-order valence-electron chi connectivity index (χ0n) is 10.6. The Morgan fingerprint density at radius 1 is 1.10 bits per heavy atom. The molecule has 0 saturated carbocycles. The lowest BCUT2D eigenvalue weighted by atomic mass is 10.2. The SMILES string of the molecule is O=c1c2ccccc2[nH]n1Cc1ccc2c(c1)OCO2. The Morgan fingerprint density at radius 2 is 1.95 bits per heavy atom. The van der Waals surface area contributed by atoms with Crippen molar-refractivity contribution in [1.82, 2.24) is 9.78 Å². The minimum atomic E-state index is -0.0155. The molecule has 5 heteroatoms. The average Bonchev–Trinajstić information content (AvgIpc) is 3.05. The molecule has 0 fully saturated rings. The molecule has 4 rings (SSSR count). The number of benzene rings is 2. The van der Waals surface area contributed by atoms with Crippen LogP contribution >= 0.6 is 0 Å². The third kappa shape index (κ3) is 1.67. The van der Waals surface area contributed by atoms with Gasteiger partial charge in [0, 0.05) is 0 Å². The van der Waals surface area contributed by atoms with Crippen LogP contribution in [0.1, 0.15) is 5.56 Å². The number of hydrogen-bond donors (Lipinski definition) is 1. The van der Waals surface area contributed by atoms with Gasteiger partial charge in [-0.15, -0.1) is 0 Å². The number of fused-ring (bicyclic) bond motifs is 2. The normalized spacial score (nSPS) is 13.0. The molecule has 1 aromatic heterocycles. The summed E-state index contributed by atoms with van der Waals surface area (Å²) in [6.07, 6.45) is 0. The van der Waals surface area contributed by atoms with Gasteiger partial charge in [-0.05, 0) is 29.8 Å². The molecule has 2 aromatic carbocycles. The van der Waals surface area contributed by atoms with Crippen LogP contribution in [0.15, 0.2) is 47.3 Å². The van der Waals surface area contributed by atoms with Gasteiger partial charge in [-0.1, -0.05) is 18.2 Å². The van der Waals surface area contributed by atoms with Crippen LogP contribution in [0.2, 0.25) is 0 Å². The molecule has 0 unspecified atom stereocenters. The van der Waals surface area contributed by atoms with E-state index in [-0.39, 0.29) is 12.4 Å². The van der Waals surface area contributed by atoms with Crippen molar-refractivity contribution < 1.29 is 9.47 Å². The molecule has 0 amide bonds. The van der Waals surface area contributed by atoms with Crippen LogP contribution in [0.3, 0.4) is 0 Å². The van der Waals surface area contributed by atoms with E-state index in [9.17, 15) is 4.79 Å². The number of rotatable bonds is 2. The highest BCUT2D eigenvalue weighted by molar-refractivity contribution is 5.77. The first-order valence-electron chi connectivity index (χ1n) is 6.37. The second kappa shape index (κ2) is 4.16. The van der Waals surface area contributed by atoms with Gasteiger partial charge in [0.15, 0.2) is 11.5 Å². The second-order valence-corrected chi connectivity index (χ2v) is 4.74. The molecule has 0 atom stereocenters. The van der Waals surface area contributed by atoms with E-state index < -0.39 is 0 Å². The standard InChI is InChI=1S/C15H12N2O3/c18-15-11-3-1-2-4-12(11)16-17(15)8-10-5-6-13-14(7-10)20-9-19-13/h1-7,16H,8-9H2. The van der Waals surface area contributed by atoms with Gasteiger partial charge in [0.05, 0.1) is 17.4 Å². The number of ether oxygens (including phenoxy) is 2. The zero-order valence-corrected chi connectivity index (χ0v) is 10.6. The smallest absolute Gasteiger partial charge is 0.274 e. The maximum Gasteiger partial charge on any atom is 0.274 e. The molecule has 1 aliphatic rings. The Kier molecular flexibility index (Phi) is 2.32. The lowest BCUT2D eigenvalue weighted by Gasteiger charge is -2.03. The molecule has 5 nitrogen and oxygen atoms in total. The summed E-state index contributed by atoms with van der Waals surface area (Å²) in [4.78, 5) is 12.2. The van der Waals surface area contributed by atoms with Crippen molar-refractivity contribution in [1.29, 1.82) is 0 Å². The quantitative estimate of drug-likeness (QED) is 0.774. The van der Waals surface area contributed by atoms with Crippen LogP contribution in [-0.4, -0.2) is 16.6 Å². The molecule has 3 aromatic rings. The summed E-state index contributed by atoms with van der Waals surface area (Å²) in [5.74, 6) is 1.48. The second-order valence-electron chi connectivity index (χ2n) is 4.74. The first-order valence-corrected chi connectivity index (χ1v) is 6.37. The van der Waals surface area contributed by atoms with Crippen molar-refractivity contribution in [3.05, 3.63) is 58.4 Å². The fourth-order valence-electron chi connectivity index (χ4n) is 2.44. The van der Waals surface area contributed by atoms with E-state index in [0.717, 1.165) is 22.6 Å². The molecule has 1 aliphatic heterocycles. The van der Waals surface area contributed by atoms with Crippen molar-refractivity contribution in [2.45, 2.75) is 6.54 Å². The molecule has 0 spiro atoms. The molecule has 1 N–H and O–H groups in total. The number of aromatic amines is 1. The maximum absolute atomic E-state index is 12.2. The topological polar surface area (TPSA) is 56.2 Å². The van der Waals surface area contributed by atoms with Crippen LogP contribution in [0.25, 0.3) is 10.9 Å². The number of nitrogens with one attached hydrogen (secondary N) is 1. The fraction of sp³-hybridized carbons (Fsp3) is 0.133. The van der Waals surface area contributed by atoms with E-state index in [2.05, 4.69) is 5.10 Å². The van der Waals surface area contributed by atoms with Gasteiger partial charge in [0.25, 0.3) is 5.56 Å². The molecule has 0 saturated heterocycles. The Labute approximate surface area is 114 Å². The molecule has 0 radical (unpaired) electrons. The molecular weight excluding hydrogens is 256 g/mol. The number of aromatic nitrogens is 2. The highest BCUT2D eigenvalue weighted by Crippen LogP contribution is 2.32. The molecule has 0 bridgehead atoms. The van der Waals surface area contributed by atoms with Crippen molar-refractivity contribution >= 4 is 10.9 Å². The predicted molar refractivity (Wildman–Crippen MR) is 74.2 cm³/mol. The number of hydrogen-bond acceptors (Lipinski definition) is 3. The molecule has 100 valence electrons. The van der Waals surface area contributed by atoms with Crippen molar-refractivity contribution in [2.24, 2.45) is 0 Å². The van der Waals surface area contributed by atoms with E-state index >= 15 is 0 Å². The van der Waals surface area contributed by atoms with Crippen molar-refractivity contribution in [3.63, 3.8) is 0 Å². The fourth-order valence-corrected chi connectivity index (χ4v) is 2.44. The third-order valence-corrected chi connectivity index (χ3v) is 3.44. The maximum atomic E-state index is 12.2. The van der Waals surface area contributed by atoms with Crippen LogP contribution in [0.4, 0.5) is 0 Å². The summed E-state index contributed by atoms with van der Waals surface area (Å²) in [7, 11) is 0. The minimum absolute atomic E-state index is 0.0155. The van der Waals surface area contributed by atoms with Gasteiger partial charge in [-0.3, -0.25) is 9.89 Å². The Bertz CT molecular complexity index is 848. The van der Waals surface area contributed by atoms with Crippen LogP contribution in [-0.2, 0) is 6.54 Å². The zero-order chi connectivity index (χ0) is 13.5. The van der Waals surface area contributed by atoms with E-state index in [4.69, 9.17) is 9.47 Å². The summed E-state index contributed by atoms with van der Waals surface area (Å²) in [6, 6.07) is 13.2. The highest BCUT2D eigenvalue weighted by atomic mass is 16.7. The summed E-state index contributed by atoms with van der Waals surface area (Å²) >= 11 is 0. The largest absolute Gasteiger partial charge is 0.454 e. The Balaban J connectivity index is 1.74. The van der Waals surface area contributed by atoms with Crippen LogP contribution in [0.5, 0.6) is 11.5 Å². The molecule has 0 aliphatic carbocycles. The lowest BCUT2D eigenvalue weighted by molar-refractivity contribution is 0.174. The van der Waals surface area contributed by atoms with Gasteiger partial charge in [-0.2, -0.15) is 0 Å². The van der Waals surface area contributed by atoms with Gasteiger partial charge in [0.1, 0.15) is 0 Å². The minimum Gasteiger partial charge on any atom is -0.454 e. The average molecular weight is 268 g/mol. The van der Waals surface area contributed by atoms with E-state index in [1.165, 1.54) is 0 Å². The number of H-pyrrole nitrogens is 1. The summed E-state index contributed by atoms with van der Waals surface area (Å²) in [5, 5.41) is 3.81. The third-order valence-electron chi connectivity index (χ3n) is 3.44. The highest BCUT2D eigenvalue weighted by Gasteiger charge is 2.14. The van der Waals surface area contributed by atoms with Crippen molar-refractivity contribution in [2.75, 3.05) is 6.79 Å². The molecule has 2 heterocycles. The first-order chi connectivity index (χ1) is 9.81. The van der Waals surface area contributed by atoms with Crippen LogP contribution < -0.4 is 15.0 Å². The summed E-state index contributed by atoms with van der Waals surface area (Å²) in [6.45, 7) is 0.731. The lowest BCUT2D eigenvalue weighted by Crippen LogP contribution is -2.17. The van der Waals surface area contributed by atoms with E-state index in [0.29, 0.717) is 11.9 Å². The summed E-state index contributed by atoms with van der Waals surface area (Å²) in [5.41, 5.74) is 1.82. The first kappa shape index (κ1) is 11.2. The Morgan fingerprint density at radius 3 is 2.85 bits per heavy atom. The van der Waals surface area contributed by atoms with Gasteiger partial charge in [-0.25, -0.2) is 4.68 Å². The van der Waals surface area contributed by atoms with E-state index in [1.54, 1.807) is 4.68 Å². The predicted octanol–water partition coefficient (Wildman–Crippen LogP) is 2.11. The van der Waals surface area contributed by atoms with Gasteiger partial charge >= 0.3 is 0 Å². The molecule has 20 heavy (non-hydrogen) atoms. The number of para-hydroxylation sites is 1. The molecular formula is C15H12N2O3. The monoisotopic (exact) mass is 268 g/mol. The van der Waals surface area contributed by atoms with Gasteiger partial charge in [0.2, 0.25) is 6.79 Å². The van der Waals surface area contributed by atoms with E-state index in [1.807, 2.05) is 42.5 Å². The van der Waals surface area contributed by atoms with Crippen molar-refractivity contribution in [3.8, 4) is 11.5 Å². The van der Waals surface area contributed by atoms with Gasteiger partial charge < -0.3 is 9.47 Å². The summed E-state index contributed by atoms with van der Waals surface area (Å²) < 4.78 is 12.2. The Hall–Kier alpha value is -2.69. The number of nitrogens with zero attached hydrogens (tertiary/aromatic N) is 1.